The van der Waals surface area contributed by atoms with Crippen molar-refractivity contribution in [1.82, 2.24) is 9.88 Å². The SMILES string of the molecule is CC(c1cc(F)ccc1F)N(C)C(=O)c1cscn1. The Labute approximate surface area is 113 Å². The van der Waals surface area contributed by atoms with Gasteiger partial charge in [0, 0.05) is 18.0 Å². The van der Waals surface area contributed by atoms with Crippen molar-refractivity contribution in [2.24, 2.45) is 0 Å². The van der Waals surface area contributed by atoms with E-state index in [0.717, 1.165) is 18.2 Å². The molecular formula is C13H12F2N2OS. The van der Waals surface area contributed by atoms with E-state index in [1.807, 2.05) is 0 Å². The van der Waals surface area contributed by atoms with Gasteiger partial charge in [-0.3, -0.25) is 4.79 Å². The Kier molecular flexibility index (Phi) is 3.90. The summed E-state index contributed by atoms with van der Waals surface area (Å²) >= 11 is 1.31. The van der Waals surface area contributed by atoms with Crippen molar-refractivity contribution < 1.29 is 13.6 Å². The van der Waals surface area contributed by atoms with Gasteiger partial charge in [0.1, 0.15) is 17.3 Å². The number of thiazole rings is 1. The minimum Gasteiger partial charge on any atom is -0.333 e. The molecule has 0 aliphatic rings. The summed E-state index contributed by atoms with van der Waals surface area (Å²) in [5.74, 6) is -1.39. The molecule has 1 unspecified atom stereocenters. The van der Waals surface area contributed by atoms with Crippen LogP contribution in [0.1, 0.15) is 29.0 Å². The summed E-state index contributed by atoms with van der Waals surface area (Å²) in [6.07, 6.45) is 0. The normalized spacial score (nSPS) is 12.2. The van der Waals surface area contributed by atoms with Gasteiger partial charge in [-0.2, -0.15) is 0 Å². The third-order valence-electron chi connectivity index (χ3n) is 2.96. The Hall–Kier alpha value is -1.82. The topological polar surface area (TPSA) is 33.2 Å². The fourth-order valence-electron chi connectivity index (χ4n) is 1.72. The van der Waals surface area contributed by atoms with Crippen LogP contribution in [0.5, 0.6) is 0 Å². The van der Waals surface area contributed by atoms with Gasteiger partial charge in [-0.15, -0.1) is 11.3 Å². The Bertz CT molecular complexity index is 586. The van der Waals surface area contributed by atoms with Crippen LogP contribution in [0.4, 0.5) is 8.78 Å². The highest BCUT2D eigenvalue weighted by molar-refractivity contribution is 7.07. The van der Waals surface area contributed by atoms with E-state index in [0.29, 0.717) is 5.69 Å². The maximum absolute atomic E-state index is 13.7. The van der Waals surface area contributed by atoms with E-state index in [2.05, 4.69) is 4.98 Å². The summed E-state index contributed by atoms with van der Waals surface area (Å²) in [5, 5.41) is 1.62. The fourth-order valence-corrected chi connectivity index (χ4v) is 2.24. The van der Waals surface area contributed by atoms with Crippen molar-refractivity contribution >= 4 is 17.2 Å². The minimum absolute atomic E-state index is 0.145. The van der Waals surface area contributed by atoms with E-state index in [9.17, 15) is 13.6 Å². The van der Waals surface area contributed by atoms with Gasteiger partial charge in [0.05, 0.1) is 11.6 Å². The largest absolute Gasteiger partial charge is 0.333 e. The average molecular weight is 282 g/mol. The molecule has 1 aromatic carbocycles. The molecule has 2 aromatic rings. The average Bonchev–Trinajstić information content (AvgIpc) is 2.93. The molecule has 1 atom stereocenters. The molecule has 0 spiro atoms. The van der Waals surface area contributed by atoms with Crippen molar-refractivity contribution in [3.05, 3.63) is 52.0 Å². The molecule has 0 fully saturated rings. The zero-order valence-electron chi connectivity index (χ0n) is 10.4. The van der Waals surface area contributed by atoms with Gasteiger partial charge in [-0.25, -0.2) is 13.8 Å². The van der Waals surface area contributed by atoms with Crippen LogP contribution in [0.15, 0.2) is 29.1 Å². The van der Waals surface area contributed by atoms with Crippen LogP contribution in [-0.2, 0) is 0 Å². The second kappa shape index (κ2) is 5.44. The van der Waals surface area contributed by atoms with Crippen LogP contribution in [0.3, 0.4) is 0 Å². The lowest BCUT2D eigenvalue weighted by atomic mass is 10.1. The molecule has 100 valence electrons. The summed E-state index contributed by atoms with van der Waals surface area (Å²) in [5.41, 5.74) is 2.00. The summed E-state index contributed by atoms with van der Waals surface area (Å²) in [4.78, 5) is 17.3. The first-order chi connectivity index (χ1) is 9.00. The number of amides is 1. The van der Waals surface area contributed by atoms with Crippen molar-refractivity contribution in [3.63, 3.8) is 0 Å². The van der Waals surface area contributed by atoms with Crippen LogP contribution in [-0.4, -0.2) is 22.8 Å². The molecule has 1 amide bonds. The number of rotatable bonds is 3. The van der Waals surface area contributed by atoms with Gasteiger partial charge in [-0.1, -0.05) is 0 Å². The van der Waals surface area contributed by atoms with Gasteiger partial charge >= 0.3 is 0 Å². The van der Waals surface area contributed by atoms with Crippen molar-refractivity contribution in [2.45, 2.75) is 13.0 Å². The zero-order valence-corrected chi connectivity index (χ0v) is 11.2. The van der Waals surface area contributed by atoms with Gasteiger partial charge in [0.25, 0.3) is 5.91 Å². The first-order valence-electron chi connectivity index (χ1n) is 5.61. The molecule has 2 rings (SSSR count). The maximum Gasteiger partial charge on any atom is 0.273 e. The smallest absolute Gasteiger partial charge is 0.273 e. The molecule has 1 aromatic heterocycles. The molecular weight excluding hydrogens is 270 g/mol. The lowest BCUT2D eigenvalue weighted by Gasteiger charge is -2.25. The standard InChI is InChI=1S/C13H12F2N2OS/c1-8(10-5-9(14)3-4-11(10)15)17(2)13(18)12-6-19-7-16-12/h3-8H,1-2H3. The predicted molar refractivity (Wildman–Crippen MR) is 69.0 cm³/mol. The Morgan fingerprint density at radius 3 is 2.79 bits per heavy atom. The van der Waals surface area contributed by atoms with E-state index in [4.69, 9.17) is 0 Å². The van der Waals surface area contributed by atoms with Gasteiger partial charge < -0.3 is 4.90 Å². The monoisotopic (exact) mass is 282 g/mol. The van der Waals surface area contributed by atoms with E-state index >= 15 is 0 Å². The number of aromatic nitrogens is 1. The van der Waals surface area contributed by atoms with Crippen molar-refractivity contribution in [3.8, 4) is 0 Å². The molecule has 0 radical (unpaired) electrons. The summed E-state index contributed by atoms with van der Waals surface area (Å²) in [6, 6.07) is 2.63. The number of carbonyl (C=O) groups excluding carboxylic acids is 1. The molecule has 6 heteroatoms. The van der Waals surface area contributed by atoms with Crippen molar-refractivity contribution in [2.75, 3.05) is 7.05 Å². The van der Waals surface area contributed by atoms with Crippen LogP contribution in [0.2, 0.25) is 0 Å². The number of carbonyl (C=O) groups is 1. The summed E-state index contributed by atoms with van der Waals surface area (Å²) in [7, 11) is 1.54. The van der Waals surface area contributed by atoms with Gasteiger partial charge in [0.15, 0.2) is 0 Å². The Morgan fingerprint density at radius 2 is 2.16 bits per heavy atom. The zero-order chi connectivity index (χ0) is 14.0. The van der Waals surface area contributed by atoms with Crippen LogP contribution >= 0.6 is 11.3 Å². The number of hydrogen-bond donors (Lipinski definition) is 0. The molecule has 0 saturated heterocycles. The highest BCUT2D eigenvalue weighted by Crippen LogP contribution is 2.24. The second-order valence-electron chi connectivity index (χ2n) is 4.13. The molecule has 0 aliphatic heterocycles. The van der Waals surface area contributed by atoms with Crippen LogP contribution in [0.25, 0.3) is 0 Å². The first-order valence-corrected chi connectivity index (χ1v) is 6.55. The summed E-state index contributed by atoms with van der Waals surface area (Å²) in [6.45, 7) is 1.64. The van der Waals surface area contributed by atoms with E-state index in [-0.39, 0.29) is 11.5 Å². The number of nitrogens with zero attached hydrogens (tertiary/aromatic N) is 2. The molecule has 19 heavy (non-hydrogen) atoms. The molecule has 3 nitrogen and oxygen atoms in total. The third kappa shape index (κ3) is 2.78. The summed E-state index contributed by atoms with van der Waals surface area (Å²) < 4.78 is 26.8. The number of halogens is 2. The Morgan fingerprint density at radius 1 is 1.42 bits per heavy atom. The first kappa shape index (κ1) is 13.6. The predicted octanol–water partition coefficient (Wildman–Crippen LogP) is 3.25. The third-order valence-corrected chi connectivity index (χ3v) is 3.55. The highest BCUT2D eigenvalue weighted by atomic mass is 32.1. The second-order valence-corrected chi connectivity index (χ2v) is 4.85. The number of benzene rings is 1. The van der Waals surface area contributed by atoms with Crippen LogP contribution < -0.4 is 0 Å². The maximum atomic E-state index is 13.7. The van der Waals surface area contributed by atoms with E-state index in [1.165, 1.54) is 23.3 Å². The molecule has 0 bridgehead atoms. The lowest BCUT2D eigenvalue weighted by molar-refractivity contribution is 0.0735. The van der Waals surface area contributed by atoms with E-state index in [1.54, 1.807) is 17.8 Å². The fraction of sp³-hybridized carbons (Fsp3) is 0.231. The minimum atomic E-state index is -0.579. The van der Waals surface area contributed by atoms with Crippen molar-refractivity contribution in [1.29, 1.82) is 0 Å². The van der Waals surface area contributed by atoms with Crippen LogP contribution in [0, 0.1) is 11.6 Å². The molecule has 1 heterocycles. The Balaban J connectivity index is 2.26. The number of hydrogen-bond acceptors (Lipinski definition) is 3. The molecule has 0 saturated carbocycles. The molecule has 0 aliphatic carbocycles. The molecule has 0 N–H and O–H groups in total. The highest BCUT2D eigenvalue weighted by Gasteiger charge is 2.22. The lowest BCUT2D eigenvalue weighted by Crippen LogP contribution is -2.30. The van der Waals surface area contributed by atoms with Gasteiger partial charge in [0.2, 0.25) is 0 Å². The van der Waals surface area contributed by atoms with E-state index < -0.39 is 17.7 Å². The quantitative estimate of drug-likeness (QED) is 0.865. The van der Waals surface area contributed by atoms with Gasteiger partial charge in [-0.05, 0) is 25.1 Å².